The lowest BCUT2D eigenvalue weighted by Gasteiger charge is -1.92. The van der Waals surface area contributed by atoms with Gasteiger partial charge in [0.2, 0.25) is 5.95 Å². The maximum Gasteiger partial charge on any atom is 0.250 e. The first-order valence-corrected chi connectivity index (χ1v) is 4.21. The lowest BCUT2D eigenvalue weighted by Crippen LogP contribution is -2.08. The Hall–Kier alpha value is -1.91. The quantitative estimate of drug-likeness (QED) is 0.558. The van der Waals surface area contributed by atoms with E-state index in [9.17, 15) is 4.79 Å². The van der Waals surface area contributed by atoms with Gasteiger partial charge in [-0.3, -0.25) is 15.2 Å². The Labute approximate surface area is 81.9 Å². The van der Waals surface area contributed by atoms with Crippen molar-refractivity contribution >= 4 is 11.9 Å². The SMILES string of the molecule is C/C=C/C=C/C(=O)Nc1n[nH]c(C)n1. The summed E-state index contributed by atoms with van der Waals surface area (Å²) in [4.78, 5) is 15.1. The molecule has 5 heteroatoms. The fraction of sp³-hybridized carbons (Fsp3) is 0.222. The summed E-state index contributed by atoms with van der Waals surface area (Å²) >= 11 is 0. The van der Waals surface area contributed by atoms with Gasteiger partial charge in [-0.2, -0.15) is 4.98 Å². The molecule has 0 saturated carbocycles. The van der Waals surface area contributed by atoms with Crippen LogP contribution in [0.1, 0.15) is 12.7 Å². The van der Waals surface area contributed by atoms with Gasteiger partial charge in [-0.15, -0.1) is 5.10 Å². The van der Waals surface area contributed by atoms with Crippen LogP contribution in [0.15, 0.2) is 24.3 Å². The Morgan fingerprint density at radius 1 is 1.50 bits per heavy atom. The summed E-state index contributed by atoms with van der Waals surface area (Å²) in [5.74, 6) is 0.706. The number of nitrogens with zero attached hydrogens (tertiary/aromatic N) is 2. The third-order valence-corrected chi connectivity index (χ3v) is 1.38. The van der Waals surface area contributed by atoms with Crippen LogP contribution in [0.25, 0.3) is 0 Å². The minimum atomic E-state index is -0.248. The minimum Gasteiger partial charge on any atom is -0.290 e. The van der Waals surface area contributed by atoms with Crippen LogP contribution in [0.5, 0.6) is 0 Å². The molecule has 0 radical (unpaired) electrons. The van der Waals surface area contributed by atoms with Crippen LogP contribution < -0.4 is 5.32 Å². The van der Waals surface area contributed by atoms with E-state index in [1.807, 2.05) is 13.0 Å². The number of H-pyrrole nitrogens is 1. The van der Waals surface area contributed by atoms with Gasteiger partial charge in [0, 0.05) is 6.08 Å². The van der Waals surface area contributed by atoms with Gasteiger partial charge in [0.15, 0.2) is 0 Å². The summed E-state index contributed by atoms with van der Waals surface area (Å²) in [5.41, 5.74) is 0. The molecule has 0 bridgehead atoms. The molecule has 0 saturated heterocycles. The second-order valence-electron chi connectivity index (χ2n) is 2.62. The van der Waals surface area contributed by atoms with Gasteiger partial charge >= 0.3 is 0 Å². The number of aromatic nitrogens is 3. The van der Waals surface area contributed by atoms with Crippen LogP contribution in [-0.4, -0.2) is 21.1 Å². The zero-order valence-corrected chi connectivity index (χ0v) is 8.11. The lowest BCUT2D eigenvalue weighted by atomic mass is 10.4. The van der Waals surface area contributed by atoms with Crippen molar-refractivity contribution in [2.24, 2.45) is 0 Å². The van der Waals surface area contributed by atoms with Crippen molar-refractivity contribution in [2.45, 2.75) is 13.8 Å². The number of hydrogen-bond acceptors (Lipinski definition) is 3. The van der Waals surface area contributed by atoms with E-state index in [2.05, 4.69) is 20.5 Å². The van der Waals surface area contributed by atoms with Gasteiger partial charge in [-0.1, -0.05) is 18.2 Å². The van der Waals surface area contributed by atoms with Gasteiger partial charge in [0.25, 0.3) is 5.91 Å². The number of allylic oxidation sites excluding steroid dienone is 3. The first kappa shape index (κ1) is 10.2. The van der Waals surface area contributed by atoms with Crippen molar-refractivity contribution in [3.8, 4) is 0 Å². The summed E-state index contributed by atoms with van der Waals surface area (Å²) in [7, 11) is 0. The summed E-state index contributed by atoms with van der Waals surface area (Å²) in [5, 5.41) is 8.90. The van der Waals surface area contributed by atoms with E-state index in [4.69, 9.17) is 0 Å². The highest BCUT2D eigenvalue weighted by atomic mass is 16.1. The summed E-state index contributed by atoms with van der Waals surface area (Å²) in [6.45, 7) is 3.64. The Kier molecular flexibility index (Phi) is 3.60. The number of carbonyl (C=O) groups is 1. The molecule has 74 valence electrons. The Balaban J connectivity index is 2.49. The van der Waals surface area contributed by atoms with Crippen LogP contribution in [0.4, 0.5) is 5.95 Å². The zero-order valence-electron chi connectivity index (χ0n) is 8.11. The molecule has 1 aromatic heterocycles. The minimum absolute atomic E-state index is 0.248. The molecular formula is C9H12N4O. The maximum absolute atomic E-state index is 11.2. The average Bonchev–Trinajstić information content (AvgIpc) is 2.52. The molecule has 0 atom stereocenters. The smallest absolute Gasteiger partial charge is 0.250 e. The summed E-state index contributed by atoms with van der Waals surface area (Å²) in [6.07, 6.45) is 6.66. The highest BCUT2D eigenvalue weighted by Gasteiger charge is 2.01. The Morgan fingerprint density at radius 2 is 2.29 bits per heavy atom. The van der Waals surface area contributed by atoms with E-state index in [-0.39, 0.29) is 11.9 Å². The molecule has 0 spiro atoms. The molecule has 1 rings (SSSR count). The molecule has 0 unspecified atom stereocenters. The first-order chi connectivity index (χ1) is 6.72. The Bertz CT molecular complexity index is 365. The highest BCUT2D eigenvalue weighted by Crippen LogP contribution is 1.96. The van der Waals surface area contributed by atoms with Crippen LogP contribution >= 0.6 is 0 Å². The lowest BCUT2D eigenvalue weighted by molar-refractivity contribution is -0.111. The van der Waals surface area contributed by atoms with Crippen LogP contribution in [0, 0.1) is 6.92 Å². The monoisotopic (exact) mass is 192 g/mol. The second-order valence-corrected chi connectivity index (χ2v) is 2.62. The van der Waals surface area contributed by atoms with E-state index in [0.29, 0.717) is 5.82 Å². The average molecular weight is 192 g/mol. The van der Waals surface area contributed by atoms with Gasteiger partial charge in [0.05, 0.1) is 0 Å². The molecule has 1 heterocycles. The van der Waals surface area contributed by atoms with E-state index in [1.54, 1.807) is 19.1 Å². The van der Waals surface area contributed by atoms with Crippen LogP contribution in [-0.2, 0) is 4.79 Å². The molecule has 1 amide bonds. The van der Waals surface area contributed by atoms with Gasteiger partial charge in [0.1, 0.15) is 5.82 Å². The fourth-order valence-electron chi connectivity index (χ4n) is 0.805. The molecule has 5 nitrogen and oxygen atoms in total. The second kappa shape index (κ2) is 4.96. The first-order valence-electron chi connectivity index (χ1n) is 4.21. The molecule has 0 aromatic carbocycles. The van der Waals surface area contributed by atoms with Crippen molar-refractivity contribution in [1.29, 1.82) is 0 Å². The van der Waals surface area contributed by atoms with E-state index in [0.717, 1.165) is 0 Å². The third-order valence-electron chi connectivity index (χ3n) is 1.38. The van der Waals surface area contributed by atoms with E-state index < -0.39 is 0 Å². The van der Waals surface area contributed by atoms with Crippen molar-refractivity contribution in [3.05, 3.63) is 30.1 Å². The molecule has 2 N–H and O–H groups in total. The van der Waals surface area contributed by atoms with E-state index in [1.165, 1.54) is 6.08 Å². The molecule has 1 aromatic rings. The van der Waals surface area contributed by atoms with Crippen molar-refractivity contribution < 1.29 is 4.79 Å². The van der Waals surface area contributed by atoms with Gasteiger partial charge in [-0.25, -0.2) is 0 Å². The number of rotatable bonds is 3. The maximum atomic E-state index is 11.2. The van der Waals surface area contributed by atoms with Crippen LogP contribution in [0.2, 0.25) is 0 Å². The molecule has 0 fully saturated rings. The van der Waals surface area contributed by atoms with Gasteiger partial charge in [-0.05, 0) is 13.8 Å². The number of carbonyl (C=O) groups excluding carboxylic acids is 1. The largest absolute Gasteiger partial charge is 0.290 e. The molecular weight excluding hydrogens is 180 g/mol. The topological polar surface area (TPSA) is 70.7 Å². The molecule has 14 heavy (non-hydrogen) atoms. The predicted octanol–water partition coefficient (Wildman–Crippen LogP) is 1.18. The van der Waals surface area contributed by atoms with E-state index >= 15 is 0 Å². The summed E-state index contributed by atoms with van der Waals surface area (Å²) < 4.78 is 0. The number of nitrogens with one attached hydrogen (secondary N) is 2. The predicted molar refractivity (Wildman–Crippen MR) is 53.7 cm³/mol. The molecule has 0 aliphatic carbocycles. The molecule has 0 aliphatic rings. The van der Waals surface area contributed by atoms with Crippen molar-refractivity contribution in [1.82, 2.24) is 15.2 Å². The Morgan fingerprint density at radius 3 is 2.86 bits per heavy atom. The number of aryl methyl sites for hydroxylation is 1. The zero-order chi connectivity index (χ0) is 10.4. The number of hydrogen-bond donors (Lipinski definition) is 2. The number of amides is 1. The normalized spacial score (nSPS) is 11.3. The van der Waals surface area contributed by atoms with Crippen molar-refractivity contribution in [3.63, 3.8) is 0 Å². The van der Waals surface area contributed by atoms with Gasteiger partial charge < -0.3 is 0 Å². The highest BCUT2D eigenvalue weighted by molar-refractivity contribution is 5.98. The number of aromatic amines is 1. The fourth-order valence-corrected chi connectivity index (χ4v) is 0.805. The third kappa shape index (κ3) is 3.22. The van der Waals surface area contributed by atoms with Crippen molar-refractivity contribution in [2.75, 3.05) is 5.32 Å². The number of anilines is 1. The summed E-state index contributed by atoms with van der Waals surface area (Å²) in [6, 6.07) is 0. The standard InChI is InChI=1S/C9H12N4O/c1-3-4-5-6-8(14)11-9-10-7(2)12-13-9/h3-6H,1-2H3,(H2,10,11,12,13,14)/b4-3+,6-5+. The molecule has 0 aliphatic heterocycles. The van der Waals surface area contributed by atoms with Crippen LogP contribution in [0.3, 0.4) is 0 Å².